The highest BCUT2D eigenvalue weighted by Gasteiger charge is 2.28. The summed E-state index contributed by atoms with van der Waals surface area (Å²) in [6, 6.07) is 0. The molecule has 0 spiro atoms. The van der Waals surface area contributed by atoms with E-state index in [1.807, 2.05) is 0 Å². The van der Waals surface area contributed by atoms with Crippen LogP contribution in [-0.2, 0) is 0 Å². The molecule has 0 amide bonds. The first-order valence-corrected chi connectivity index (χ1v) is 5.81. The van der Waals surface area contributed by atoms with Crippen molar-refractivity contribution in [1.82, 2.24) is 10.2 Å². The number of nitrogens with zero attached hydrogens (tertiary/aromatic N) is 1. The maximum Gasteiger partial charge on any atom is 0.00225 e. The fourth-order valence-corrected chi connectivity index (χ4v) is 2.65. The van der Waals surface area contributed by atoms with Crippen LogP contribution in [0.5, 0.6) is 0 Å². The second-order valence-corrected chi connectivity index (χ2v) is 4.73. The fraction of sp³-hybridized carbons (Fsp3) is 1.00. The molecule has 2 heterocycles. The smallest absolute Gasteiger partial charge is 0.00225 e. The highest BCUT2D eigenvalue weighted by molar-refractivity contribution is 4.83. The molecule has 0 aliphatic carbocycles. The topological polar surface area (TPSA) is 15.3 Å². The summed E-state index contributed by atoms with van der Waals surface area (Å²) in [6.07, 6.45) is 4.21. The summed E-state index contributed by atoms with van der Waals surface area (Å²) in [5.74, 6) is 1.97. The van der Waals surface area contributed by atoms with Crippen LogP contribution in [0.15, 0.2) is 0 Å². The SMILES string of the molecule is CCCC1CN(CC2CCNC2)C1. The van der Waals surface area contributed by atoms with Crippen molar-refractivity contribution in [3.05, 3.63) is 0 Å². The first-order chi connectivity index (χ1) is 6.38. The van der Waals surface area contributed by atoms with Gasteiger partial charge in [0.15, 0.2) is 0 Å². The molecule has 2 rings (SSSR count). The Labute approximate surface area is 81.7 Å². The molecule has 2 nitrogen and oxygen atoms in total. The van der Waals surface area contributed by atoms with Gasteiger partial charge in [-0.15, -0.1) is 0 Å². The molecule has 2 saturated heterocycles. The number of hydrogen-bond acceptors (Lipinski definition) is 2. The monoisotopic (exact) mass is 182 g/mol. The van der Waals surface area contributed by atoms with E-state index in [-0.39, 0.29) is 0 Å². The Morgan fingerprint density at radius 3 is 2.77 bits per heavy atom. The molecule has 1 atom stereocenters. The Morgan fingerprint density at radius 2 is 2.15 bits per heavy atom. The van der Waals surface area contributed by atoms with Crippen LogP contribution in [0.3, 0.4) is 0 Å². The van der Waals surface area contributed by atoms with E-state index in [2.05, 4.69) is 17.1 Å². The van der Waals surface area contributed by atoms with Crippen LogP contribution in [0.25, 0.3) is 0 Å². The second kappa shape index (κ2) is 4.43. The molecule has 0 aromatic heterocycles. The fourth-order valence-electron chi connectivity index (χ4n) is 2.65. The Balaban J connectivity index is 1.58. The zero-order chi connectivity index (χ0) is 9.10. The second-order valence-electron chi connectivity index (χ2n) is 4.73. The van der Waals surface area contributed by atoms with Crippen molar-refractivity contribution in [1.29, 1.82) is 0 Å². The van der Waals surface area contributed by atoms with Crippen molar-refractivity contribution >= 4 is 0 Å². The van der Waals surface area contributed by atoms with Crippen molar-refractivity contribution in [3.8, 4) is 0 Å². The lowest BCUT2D eigenvalue weighted by atomic mass is 9.93. The van der Waals surface area contributed by atoms with Crippen molar-refractivity contribution in [2.45, 2.75) is 26.2 Å². The van der Waals surface area contributed by atoms with Gasteiger partial charge in [-0.25, -0.2) is 0 Å². The van der Waals surface area contributed by atoms with E-state index in [1.165, 1.54) is 52.0 Å². The van der Waals surface area contributed by atoms with Gasteiger partial charge in [0.25, 0.3) is 0 Å². The standard InChI is InChI=1S/C11H22N2/c1-2-3-11-8-13(9-11)7-10-4-5-12-6-10/h10-12H,2-9H2,1H3. The summed E-state index contributed by atoms with van der Waals surface area (Å²) in [5, 5.41) is 3.44. The first-order valence-electron chi connectivity index (χ1n) is 5.81. The highest BCUT2D eigenvalue weighted by Crippen LogP contribution is 2.22. The predicted octanol–water partition coefficient (Wildman–Crippen LogP) is 1.33. The van der Waals surface area contributed by atoms with Gasteiger partial charge in [-0.05, 0) is 37.8 Å². The average molecular weight is 182 g/mol. The molecular formula is C11H22N2. The van der Waals surface area contributed by atoms with E-state index in [1.54, 1.807) is 0 Å². The van der Waals surface area contributed by atoms with Gasteiger partial charge in [0, 0.05) is 19.6 Å². The van der Waals surface area contributed by atoms with E-state index in [0.29, 0.717) is 0 Å². The largest absolute Gasteiger partial charge is 0.316 e. The maximum absolute atomic E-state index is 3.44. The van der Waals surface area contributed by atoms with E-state index in [9.17, 15) is 0 Å². The summed E-state index contributed by atoms with van der Waals surface area (Å²) in [6.45, 7) is 8.91. The van der Waals surface area contributed by atoms with Gasteiger partial charge in [0.2, 0.25) is 0 Å². The zero-order valence-electron chi connectivity index (χ0n) is 8.76. The lowest BCUT2D eigenvalue weighted by molar-refractivity contribution is 0.0786. The quantitative estimate of drug-likeness (QED) is 0.705. The Morgan fingerprint density at radius 1 is 1.31 bits per heavy atom. The molecule has 2 aliphatic rings. The molecular weight excluding hydrogens is 160 g/mol. The number of hydrogen-bond donors (Lipinski definition) is 1. The molecule has 76 valence electrons. The summed E-state index contributed by atoms with van der Waals surface area (Å²) < 4.78 is 0. The molecule has 1 N–H and O–H groups in total. The van der Waals surface area contributed by atoms with E-state index in [0.717, 1.165) is 11.8 Å². The van der Waals surface area contributed by atoms with Gasteiger partial charge in [0.1, 0.15) is 0 Å². The minimum atomic E-state index is 0.947. The van der Waals surface area contributed by atoms with E-state index >= 15 is 0 Å². The first kappa shape index (κ1) is 9.47. The number of rotatable bonds is 4. The number of nitrogens with one attached hydrogen (secondary N) is 1. The number of likely N-dealkylation sites (tertiary alicyclic amines) is 1. The summed E-state index contributed by atoms with van der Waals surface area (Å²) >= 11 is 0. The molecule has 0 radical (unpaired) electrons. The van der Waals surface area contributed by atoms with Crippen molar-refractivity contribution < 1.29 is 0 Å². The van der Waals surface area contributed by atoms with Crippen molar-refractivity contribution in [3.63, 3.8) is 0 Å². The molecule has 13 heavy (non-hydrogen) atoms. The van der Waals surface area contributed by atoms with Gasteiger partial charge < -0.3 is 10.2 Å². The lowest BCUT2D eigenvalue weighted by Crippen LogP contribution is -2.48. The van der Waals surface area contributed by atoms with E-state index < -0.39 is 0 Å². The van der Waals surface area contributed by atoms with Crippen molar-refractivity contribution in [2.75, 3.05) is 32.7 Å². The van der Waals surface area contributed by atoms with Crippen LogP contribution in [0.2, 0.25) is 0 Å². The third kappa shape index (κ3) is 2.44. The molecule has 2 heteroatoms. The average Bonchev–Trinajstić information content (AvgIpc) is 2.53. The maximum atomic E-state index is 3.44. The zero-order valence-corrected chi connectivity index (χ0v) is 8.76. The van der Waals surface area contributed by atoms with Gasteiger partial charge in [-0.2, -0.15) is 0 Å². The predicted molar refractivity (Wildman–Crippen MR) is 55.8 cm³/mol. The summed E-state index contributed by atoms with van der Waals surface area (Å²) in [5.41, 5.74) is 0. The summed E-state index contributed by atoms with van der Waals surface area (Å²) in [4.78, 5) is 2.64. The third-order valence-electron chi connectivity index (χ3n) is 3.41. The van der Waals surface area contributed by atoms with Gasteiger partial charge in [-0.3, -0.25) is 0 Å². The Hall–Kier alpha value is -0.0800. The highest BCUT2D eigenvalue weighted by atomic mass is 15.2. The van der Waals surface area contributed by atoms with Crippen LogP contribution >= 0.6 is 0 Å². The molecule has 2 fully saturated rings. The Kier molecular flexibility index (Phi) is 3.23. The molecule has 0 saturated carbocycles. The minimum absolute atomic E-state index is 0.947. The van der Waals surface area contributed by atoms with Crippen LogP contribution < -0.4 is 5.32 Å². The molecule has 0 aromatic carbocycles. The molecule has 0 aromatic rings. The van der Waals surface area contributed by atoms with Crippen LogP contribution in [0, 0.1) is 11.8 Å². The van der Waals surface area contributed by atoms with Crippen LogP contribution in [-0.4, -0.2) is 37.6 Å². The van der Waals surface area contributed by atoms with Crippen LogP contribution in [0.4, 0.5) is 0 Å². The normalized spacial score (nSPS) is 30.7. The Bertz CT molecular complexity index is 146. The molecule has 2 aliphatic heterocycles. The van der Waals surface area contributed by atoms with E-state index in [4.69, 9.17) is 0 Å². The third-order valence-corrected chi connectivity index (χ3v) is 3.41. The minimum Gasteiger partial charge on any atom is -0.316 e. The van der Waals surface area contributed by atoms with Crippen molar-refractivity contribution in [2.24, 2.45) is 11.8 Å². The lowest BCUT2D eigenvalue weighted by Gasteiger charge is -2.40. The van der Waals surface area contributed by atoms with Gasteiger partial charge in [-0.1, -0.05) is 13.3 Å². The molecule has 1 unspecified atom stereocenters. The van der Waals surface area contributed by atoms with Crippen LogP contribution in [0.1, 0.15) is 26.2 Å². The molecule has 0 bridgehead atoms. The summed E-state index contributed by atoms with van der Waals surface area (Å²) in [7, 11) is 0. The van der Waals surface area contributed by atoms with Gasteiger partial charge in [0.05, 0.1) is 0 Å². The van der Waals surface area contributed by atoms with Gasteiger partial charge >= 0.3 is 0 Å².